The number of aromatic nitrogens is 2. The van der Waals surface area contributed by atoms with Crippen LogP contribution in [0, 0.1) is 0 Å². The van der Waals surface area contributed by atoms with E-state index in [-0.39, 0.29) is 12.5 Å². The second kappa shape index (κ2) is 5.66. The van der Waals surface area contributed by atoms with E-state index in [4.69, 9.17) is 9.84 Å². The van der Waals surface area contributed by atoms with E-state index >= 15 is 0 Å². The van der Waals surface area contributed by atoms with Crippen LogP contribution in [0.2, 0.25) is 0 Å². The maximum Gasteiger partial charge on any atom is 0.305 e. The highest BCUT2D eigenvalue weighted by Crippen LogP contribution is 2.18. The van der Waals surface area contributed by atoms with Crippen molar-refractivity contribution in [2.45, 2.75) is 45.8 Å². The highest BCUT2D eigenvalue weighted by molar-refractivity contribution is 5.69. The Balaban J connectivity index is 2.75. The van der Waals surface area contributed by atoms with Gasteiger partial charge < -0.3 is 15.2 Å². The second-order valence-electron chi connectivity index (χ2n) is 4.99. The van der Waals surface area contributed by atoms with Gasteiger partial charge in [0.05, 0.1) is 24.9 Å². The molecule has 0 bridgehead atoms. The van der Waals surface area contributed by atoms with E-state index in [0.29, 0.717) is 11.7 Å². The Morgan fingerprint density at radius 2 is 2.17 bits per heavy atom. The quantitative estimate of drug-likeness (QED) is 0.805. The molecule has 1 rings (SSSR count). The van der Waals surface area contributed by atoms with E-state index in [0.717, 1.165) is 0 Å². The molecule has 0 fully saturated rings. The Bertz CT molecular complexity index is 419. The molecule has 0 aliphatic heterocycles. The lowest BCUT2D eigenvalue weighted by Gasteiger charge is -2.24. The van der Waals surface area contributed by atoms with Crippen LogP contribution in [0.4, 0.5) is 5.82 Å². The molecule has 0 saturated heterocycles. The van der Waals surface area contributed by atoms with Gasteiger partial charge in [-0.1, -0.05) is 0 Å². The summed E-state index contributed by atoms with van der Waals surface area (Å²) in [4.78, 5) is 18.9. The zero-order valence-electron chi connectivity index (χ0n) is 11.1. The second-order valence-corrected chi connectivity index (χ2v) is 4.99. The average Bonchev–Trinajstić information content (AvgIpc) is 2.13. The molecule has 6 nitrogen and oxygen atoms in total. The van der Waals surface area contributed by atoms with Crippen molar-refractivity contribution in [1.29, 1.82) is 0 Å². The third kappa shape index (κ3) is 4.99. The van der Waals surface area contributed by atoms with Crippen molar-refractivity contribution in [2.24, 2.45) is 0 Å². The number of carboxylic acid groups (broad SMARTS) is 1. The van der Waals surface area contributed by atoms with Gasteiger partial charge in [-0.05, 0) is 27.7 Å². The third-order valence-electron chi connectivity index (χ3n) is 2.03. The number of hydrogen-bond acceptors (Lipinski definition) is 5. The van der Waals surface area contributed by atoms with Crippen molar-refractivity contribution in [1.82, 2.24) is 9.97 Å². The zero-order valence-corrected chi connectivity index (χ0v) is 11.1. The minimum Gasteiger partial charge on any atom is -0.481 e. The van der Waals surface area contributed by atoms with Gasteiger partial charge in [0.25, 0.3) is 0 Å². The molecule has 0 aliphatic carbocycles. The number of hydrogen-bond donors (Lipinski definition) is 2. The van der Waals surface area contributed by atoms with Gasteiger partial charge in [-0.2, -0.15) is 4.98 Å². The van der Waals surface area contributed by atoms with Crippen LogP contribution in [0.25, 0.3) is 0 Å². The fraction of sp³-hybridized carbons (Fsp3) is 0.583. The lowest BCUT2D eigenvalue weighted by atomic mass is 10.0. The normalized spacial score (nSPS) is 11.4. The Morgan fingerprint density at radius 3 is 2.72 bits per heavy atom. The first-order chi connectivity index (χ1) is 8.28. The number of nitrogens with one attached hydrogen (secondary N) is 1. The first kappa shape index (κ1) is 14.2. The van der Waals surface area contributed by atoms with Crippen LogP contribution < -0.4 is 10.1 Å². The molecule has 2 N–H and O–H groups in total. The fourth-order valence-corrected chi connectivity index (χ4v) is 1.48. The van der Waals surface area contributed by atoms with E-state index in [9.17, 15) is 4.79 Å². The summed E-state index contributed by atoms with van der Waals surface area (Å²) in [6.07, 6.45) is 3.07. The summed E-state index contributed by atoms with van der Waals surface area (Å²) in [6, 6.07) is 0. The summed E-state index contributed by atoms with van der Waals surface area (Å²) in [5, 5.41) is 11.8. The number of rotatable bonds is 6. The van der Waals surface area contributed by atoms with Gasteiger partial charge in [-0.25, -0.2) is 0 Å². The van der Waals surface area contributed by atoms with Crippen molar-refractivity contribution in [3.63, 3.8) is 0 Å². The molecule has 0 amide bonds. The summed E-state index contributed by atoms with van der Waals surface area (Å²) in [6.45, 7) is 7.38. The largest absolute Gasteiger partial charge is 0.481 e. The lowest BCUT2D eigenvalue weighted by molar-refractivity contribution is -0.137. The highest BCUT2D eigenvalue weighted by atomic mass is 16.5. The Kier molecular flexibility index (Phi) is 4.47. The molecule has 0 aliphatic rings. The van der Waals surface area contributed by atoms with Crippen molar-refractivity contribution in [2.75, 3.05) is 5.32 Å². The molecule has 1 aromatic rings. The molecule has 0 saturated carbocycles. The van der Waals surface area contributed by atoms with Gasteiger partial charge >= 0.3 is 5.97 Å². The fourth-order valence-electron chi connectivity index (χ4n) is 1.48. The molecular formula is C12H19N3O3. The molecule has 1 heterocycles. The van der Waals surface area contributed by atoms with Gasteiger partial charge in [0, 0.05) is 5.54 Å². The highest BCUT2D eigenvalue weighted by Gasteiger charge is 2.22. The molecule has 18 heavy (non-hydrogen) atoms. The number of carbonyl (C=O) groups is 1. The van der Waals surface area contributed by atoms with Crippen LogP contribution in [0.15, 0.2) is 12.4 Å². The minimum atomic E-state index is -0.866. The van der Waals surface area contributed by atoms with E-state index in [1.807, 2.05) is 13.8 Å². The van der Waals surface area contributed by atoms with Crippen molar-refractivity contribution in [3.8, 4) is 5.88 Å². The van der Waals surface area contributed by atoms with E-state index in [1.54, 1.807) is 13.8 Å². The molecule has 1 aromatic heterocycles. The number of aliphatic carboxylic acids is 1. The van der Waals surface area contributed by atoms with E-state index in [1.165, 1.54) is 12.4 Å². The number of ether oxygens (including phenoxy) is 1. The molecule has 0 radical (unpaired) electrons. The molecule has 0 unspecified atom stereocenters. The topological polar surface area (TPSA) is 84.3 Å². The first-order valence-electron chi connectivity index (χ1n) is 5.77. The SMILES string of the molecule is CC(C)Oc1cncc(NC(C)(C)CC(=O)O)n1. The molecule has 6 heteroatoms. The molecular weight excluding hydrogens is 234 g/mol. The Hall–Kier alpha value is -1.85. The van der Waals surface area contributed by atoms with Crippen LogP contribution in [-0.2, 0) is 4.79 Å². The first-order valence-corrected chi connectivity index (χ1v) is 5.77. The minimum absolute atomic E-state index is 0.00997. The van der Waals surface area contributed by atoms with Gasteiger partial charge in [0.15, 0.2) is 0 Å². The van der Waals surface area contributed by atoms with Crippen LogP contribution in [0.1, 0.15) is 34.1 Å². The molecule has 100 valence electrons. The maximum atomic E-state index is 10.7. The predicted octanol–water partition coefficient (Wildman–Crippen LogP) is 1.93. The van der Waals surface area contributed by atoms with Gasteiger partial charge in [-0.3, -0.25) is 9.78 Å². The monoisotopic (exact) mass is 253 g/mol. The number of carboxylic acids is 1. The number of anilines is 1. The van der Waals surface area contributed by atoms with Gasteiger partial charge in [-0.15, -0.1) is 0 Å². The smallest absolute Gasteiger partial charge is 0.305 e. The lowest BCUT2D eigenvalue weighted by Crippen LogP contribution is -2.34. The third-order valence-corrected chi connectivity index (χ3v) is 2.03. The molecule has 0 aromatic carbocycles. The van der Waals surface area contributed by atoms with Crippen LogP contribution in [0.3, 0.4) is 0 Å². The Morgan fingerprint density at radius 1 is 1.50 bits per heavy atom. The van der Waals surface area contributed by atoms with E-state index in [2.05, 4.69) is 15.3 Å². The summed E-state index contributed by atoms with van der Waals surface area (Å²) in [5.41, 5.74) is -0.600. The summed E-state index contributed by atoms with van der Waals surface area (Å²) in [5.74, 6) is 0.0515. The number of nitrogens with zero attached hydrogens (tertiary/aromatic N) is 2. The van der Waals surface area contributed by atoms with Gasteiger partial charge in [0.1, 0.15) is 5.82 Å². The summed E-state index contributed by atoms with van der Waals surface area (Å²) in [7, 11) is 0. The molecule has 0 atom stereocenters. The van der Waals surface area contributed by atoms with Crippen molar-refractivity contribution in [3.05, 3.63) is 12.4 Å². The Labute approximate surface area is 106 Å². The van der Waals surface area contributed by atoms with Crippen LogP contribution >= 0.6 is 0 Å². The maximum absolute atomic E-state index is 10.7. The predicted molar refractivity (Wildman–Crippen MR) is 67.8 cm³/mol. The zero-order chi connectivity index (χ0) is 13.8. The molecule has 0 spiro atoms. The van der Waals surface area contributed by atoms with Crippen molar-refractivity contribution < 1.29 is 14.6 Å². The van der Waals surface area contributed by atoms with Gasteiger partial charge in [0.2, 0.25) is 5.88 Å². The standard InChI is InChI=1S/C12H19N3O3/c1-8(2)18-10-7-13-6-9(14-10)15-12(3,4)5-11(16)17/h6-8H,5H2,1-4H3,(H,14,15)(H,16,17). The van der Waals surface area contributed by atoms with Crippen LogP contribution in [-0.4, -0.2) is 32.7 Å². The van der Waals surface area contributed by atoms with Crippen molar-refractivity contribution >= 4 is 11.8 Å². The summed E-state index contributed by atoms with van der Waals surface area (Å²) < 4.78 is 5.42. The van der Waals surface area contributed by atoms with Crippen LogP contribution in [0.5, 0.6) is 5.88 Å². The average molecular weight is 253 g/mol. The summed E-state index contributed by atoms with van der Waals surface area (Å²) >= 11 is 0. The van der Waals surface area contributed by atoms with E-state index < -0.39 is 11.5 Å².